The van der Waals surface area contributed by atoms with Gasteiger partial charge in [-0.1, -0.05) is 20.8 Å². The van der Waals surface area contributed by atoms with Crippen LogP contribution in [0.4, 0.5) is 0 Å². The van der Waals surface area contributed by atoms with Gasteiger partial charge < -0.3 is 5.32 Å². The summed E-state index contributed by atoms with van der Waals surface area (Å²) in [4.78, 5) is 2.70. The van der Waals surface area contributed by atoms with Crippen LogP contribution in [0.25, 0.3) is 0 Å². The highest BCUT2D eigenvalue weighted by molar-refractivity contribution is 5.11. The number of piperazine rings is 1. The number of nitrogens with zero attached hydrogens (tertiary/aromatic N) is 3. The molecule has 1 saturated carbocycles. The zero-order valence-electron chi connectivity index (χ0n) is 14.0. The first-order valence-corrected chi connectivity index (χ1v) is 8.57. The van der Waals surface area contributed by atoms with Gasteiger partial charge in [-0.15, -0.1) is 0 Å². The standard InChI is InChI=1S/C17H30N4/c1-5-14-8-15(20(4)19-14)10-21-11-16(13-6-7-13)18-9-17(21)12(2)3/h8,12-13,16-18H,5-7,9-11H2,1-4H3. The Kier molecular flexibility index (Phi) is 4.36. The molecule has 21 heavy (non-hydrogen) atoms. The first-order valence-electron chi connectivity index (χ1n) is 8.57. The number of hydrogen-bond acceptors (Lipinski definition) is 3. The first kappa shape index (κ1) is 15.0. The van der Waals surface area contributed by atoms with Crippen molar-refractivity contribution in [1.82, 2.24) is 20.0 Å². The SMILES string of the molecule is CCc1cc(CN2CC(C3CC3)NCC2C(C)C)n(C)n1. The summed E-state index contributed by atoms with van der Waals surface area (Å²) in [5.41, 5.74) is 2.57. The number of nitrogens with one attached hydrogen (secondary N) is 1. The normalized spacial score (nSPS) is 27.5. The number of aromatic nitrogens is 2. The zero-order valence-corrected chi connectivity index (χ0v) is 14.0. The van der Waals surface area contributed by atoms with Crippen LogP contribution in [0.15, 0.2) is 6.07 Å². The van der Waals surface area contributed by atoms with Crippen molar-refractivity contribution in [3.8, 4) is 0 Å². The molecule has 3 rings (SSSR count). The molecule has 2 unspecified atom stereocenters. The Labute approximate surface area is 128 Å². The molecule has 1 aromatic rings. The monoisotopic (exact) mass is 290 g/mol. The Balaban J connectivity index is 1.73. The van der Waals surface area contributed by atoms with Gasteiger partial charge in [0, 0.05) is 38.8 Å². The largest absolute Gasteiger partial charge is 0.311 e. The van der Waals surface area contributed by atoms with E-state index in [9.17, 15) is 0 Å². The lowest BCUT2D eigenvalue weighted by Gasteiger charge is -2.42. The molecule has 0 spiro atoms. The second-order valence-corrected chi connectivity index (χ2v) is 7.20. The first-order chi connectivity index (χ1) is 10.1. The van der Waals surface area contributed by atoms with Gasteiger partial charge >= 0.3 is 0 Å². The summed E-state index contributed by atoms with van der Waals surface area (Å²) in [6.07, 6.45) is 3.86. The summed E-state index contributed by atoms with van der Waals surface area (Å²) in [6, 6.07) is 3.63. The lowest BCUT2D eigenvalue weighted by Crippen LogP contribution is -2.58. The van der Waals surface area contributed by atoms with Crippen LogP contribution < -0.4 is 5.32 Å². The third kappa shape index (κ3) is 3.32. The maximum atomic E-state index is 4.61. The second kappa shape index (κ2) is 6.09. The van der Waals surface area contributed by atoms with Gasteiger partial charge in [-0.05, 0) is 37.2 Å². The van der Waals surface area contributed by atoms with Crippen LogP contribution in [-0.4, -0.2) is 39.9 Å². The van der Waals surface area contributed by atoms with E-state index in [-0.39, 0.29) is 0 Å². The average molecular weight is 290 g/mol. The van der Waals surface area contributed by atoms with Crippen LogP contribution in [0.1, 0.15) is 45.0 Å². The summed E-state index contributed by atoms with van der Waals surface area (Å²) in [6.45, 7) is 10.2. The van der Waals surface area contributed by atoms with E-state index < -0.39 is 0 Å². The van der Waals surface area contributed by atoms with E-state index in [1.165, 1.54) is 30.8 Å². The highest BCUT2D eigenvalue weighted by Gasteiger charge is 2.38. The molecule has 4 nitrogen and oxygen atoms in total. The van der Waals surface area contributed by atoms with Gasteiger partial charge in [0.05, 0.1) is 11.4 Å². The van der Waals surface area contributed by atoms with E-state index in [2.05, 4.69) is 53.9 Å². The summed E-state index contributed by atoms with van der Waals surface area (Å²) in [5.74, 6) is 1.62. The molecule has 1 aliphatic carbocycles. The fraction of sp³-hybridized carbons (Fsp3) is 0.824. The quantitative estimate of drug-likeness (QED) is 0.902. The number of rotatable bonds is 5. The molecular weight excluding hydrogens is 260 g/mol. The van der Waals surface area contributed by atoms with Crippen LogP contribution in [0.5, 0.6) is 0 Å². The van der Waals surface area contributed by atoms with Crippen molar-refractivity contribution in [2.24, 2.45) is 18.9 Å². The molecule has 118 valence electrons. The van der Waals surface area contributed by atoms with E-state index >= 15 is 0 Å². The van der Waals surface area contributed by atoms with Gasteiger partial charge in [-0.25, -0.2) is 0 Å². The summed E-state index contributed by atoms with van der Waals surface area (Å²) < 4.78 is 2.07. The van der Waals surface area contributed by atoms with Crippen molar-refractivity contribution < 1.29 is 0 Å². The molecule has 0 aromatic carbocycles. The van der Waals surface area contributed by atoms with Crippen LogP contribution >= 0.6 is 0 Å². The van der Waals surface area contributed by atoms with Gasteiger partial charge in [-0.2, -0.15) is 5.10 Å². The van der Waals surface area contributed by atoms with E-state index in [4.69, 9.17) is 0 Å². The third-order valence-electron chi connectivity index (χ3n) is 5.20. The smallest absolute Gasteiger partial charge is 0.0625 e. The molecule has 2 heterocycles. The molecule has 2 aliphatic rings. The van der Waals surface area contributed by atoms with Crippen LogP contribution in [0, 0.1) is 11.8 Å². The molecule has 1 saturated heterocycles. The predicted octanol–water partition coefficient (Wildman–Crippen LogP) is 2.19. The van der Waals surface area contributed by atoms with E-state index in [1.807, 2.05) is 0 Å². The molecule has 2 fully saturated rings. The Bertz CT molecular complexity index is 475. The fourth-order valence-corrected chi connectivity index (χ4v) is 3.61. The summed E-state index contributed by atoms with van der Waals surface area (Å²) in [7, 11) is 2.08. The third-order valence-corrected chi connectivity index (χ3v) is 5.20. The van der Waals surface area contributed by atoms with Crippen molar-refractivity contribution in [1.29, 1.82) is 0 Å². The molecule has 1 aliphatic heterocycles. The Morgan fingerprint density at radius 2 is 2.14 bits per heavy atom. The average Bonchev–Trinajstić information content (AvgIpc) is 3.24. The molecule has 0 bridgehead atoms. The van der Waals surface area contributed by atoms with Gasteiger partial charge in [0.2, 0.25) is 0 Å². The van der Waals surface area contributed by atoms with Crippen molar-refractivity contribution in [3.05, 3.63) is 17.5 Å². The van der Waals surface area contributed by atoms with Crippen molar-refractivity contribution in [2.45, 2.75) is 58.7 Å². The molecule has 0 radical (unpaired) electrons. The molecular formula is C17H30N4. The van der Waals surface area contributed by atoms with Crippen molar-refractivity contribution in [3.63, 3.8) is 0 Å². The Morgan fingerprint density at radius 3 is 2.71 bits per heavy atom. The van der Waals surface area contributed by atoms with Gasteiger partial charge in [0.25, 0.3) is 0 Å². The lowest BCUT2D eigenvalue weighted by molar-refractivity contribution is 0.0829. The van der Waals surface area contributed by atoms with Gasteiger partial charge in [0.15, 0.2) is 0 Å². The van der Waals surface area contributed by atoms with Crippen molar-refractivity contribution >= 4 is 0 Å². The second-order valence-electron chi connectivity index (χ2n) is 7.20. The van der Waals surface area contributed by atoms with E-state index in [1.54, 1.807) is 0 Å². The van der Waals surface area contributed by atoms with Crippen molar-refractivity contribution in [2.75, 3.05) is 13.1 Å². The minimum Gasteiger partial charge on any atom is -0.311 e. The minimum atomic E-state index is 0.639. The fourth-order valence-electron chi connectivity index (χ4n) is 3.61. The van der Waals surface area contributed by atoms with Gasteiger partial charge in [-0.3, -0.25) is 9.58 Å². The minimum absolute atomic E-state index is 0.639. The van der Waals surface area contributed by atoms with E-state index in [0.29, 0.717) is 18.0 Å². The Morgan fingerprint density at radius 1 is 1.38 bits per heavy atom. The summed E-state index contributed by atoms with van der Waals surface area (Å²) in [5, 5.41) is 8.40. The number of aryl methyl sites for hydroxylation is 2. The molecule has 1 N–H and O–H groups in total. The molecule has 4 heteroatoms. The highest BCUT2D eigenvalue weighted by Crippen LogP contribution is 2.35. The molecule has 0 amide bonds. The maximum absolute atomic E-state index is 4.61. The number of hydrogen-bond donors (Lipinski definition) is 1. The predicted molar refractivity (Wildman–Crippen MR) is 86.1 cm³/mol. The van der Waals surface area contributed by atoms with Crippen LogP contribution in [0.2, 0.25) is 0 Å². The molecule has 1 aromatic heterocycles. The highest BCUT2D eigenvalue weighted by atomic mass is 15.3. The summed E-state index contributed by atoms with van der Waals surface area (Å²) >= 11 is 0. The lowest BCUT2D eigenvalue weighted by atomic mass is 9.96. The van der Waals surface area contributed by atoms with Gasteiger partial charge in [0.1, 0.15) is 0 Å². The molecule has 2 atom stereocenters. The Hall–Kier alpha value is -0.870. The zero-order chi connectivity index (χ0) is 15.0. The van der Waals surface area contributed by atoms with Crippen LogP contribution in [0.3, 0.4) is 0 Å². The maximum Gasteiger partial charge on any atom is 0.0625 e. The van der Waals surface area contributed by atoms with Crippen LogP contribution in [-0.2, 0) is 20.0 Å². The van der Waals surface area contributed by atoms with E-state index in [0.717, 1.165) is 25.4 Å². The topological polar surface area (TPSA) is 33.1 Å².